The zero-order valence-electron chi connectivity index (χ0n) is 13.0. The fraction of sp³-hybridized carbons (Fsp3) is 0.611. The van der Waals surface area contributed by atoms with Crippen molar-refractivity contribution in [1.82, 2.24) is 0 Å². The number of hydrogen-bond donors (Lipinski definition) is 2. The van der Waals surface area contributed by atoms with Gasteiger partial charge in [-0.3, -0.25) is 4.79 Å². The van der Waals surface area contributed by atoms with Crippen LogP contribution in [0, 0.1) is 0 Å². The molecule has 0 spiro atoms. The summed E-state index contributed by atoms with van der Waals surface area (Å²) in [5.41, 5.74) is 0.670. The Hall–Kier alpha value is -1.39. The second kappa shape index (κ2) is 6.80. The van der Waals surface area contributed by atoms with Crippen LogP contribution in [0.2, 0.25) is 0 Å². The molecule has 0 radical (unpaired) electrons. The normalized spacial score (nSPS) is 21.1. The largest absolute Gasteiger partial charge is 0.380 e. The molecule has 0 unspecified atom stereocenters. The molecule has 0 atom stereocenters. The molecule has 120 valence electrons. The first-order valence-electron chi connectivity index (χ1n) is 8.40. The van der Waals surface area contributed by atoms with E-state index in [1.54, 1.807) is 0 Å². The molecule has 0 saturated heterocycles. The van der Waals surface area contributed by atoms with Crippen LogP contribution in [-0.2, 0) is 16.1 Å². The predicted molar refractivity (Wildman–Crippen MR) is 85.5 cm³/mol. The van der Waals surface area contributed by atoms with Gasteiger partial charge in [0.25, 0.3) is 5.91 Å². The van der Waals surface area contributed by atoms with Gasteiger partial charge in [0.1, 0.15) is 5.60 Å². The highest BCUT2D eigenvalue weighted by Crippen LogP contribution is 2.30. The van der Waals surface area contributed by atoms with Gasteiger partial charge in [0.05, 0.1) is 12.7 Å². The maximum Gasteiger partial charge on any atom is 0.256 e. The first-order valence-corrected chi connectivity index (χ1v) is 8.40. The highest BCUT2D eigenvalue weighted by atomic mass is 16.5. The third kappa shape index (κ3) is 3.68. The fourth-order valence-electron chi connectivity index (χ4n) is 3.39. The molecule has 0 aliphatic heterocycles. The van der Waals surface area contributed by atoms with Gasteiger partial charge in [-0.25, -0.2) is 0 Å². The Balaban J connectivity index is 1.51. The van der Waals surface area contributed by atoms with E-state index in [1.165, 1.54) is 25.7 Å². The number of anilines is 1. The third-order valence-corrected chi connectivity index (χ3v) is 4.85. The zero-order chi connectivity index (χ0) is 15.4. The molecular weight excluding hydrogens is 278 g/mol. The maximum atomic E-state index is 12.1. The Morgan fingerprint density at radius 3 is 2.41 bits per heavy atom. The molecule has 2 N–H and O–H groups in total. The summed E-state index contributed by atoms with van der Waals surface area (Å²) >= 11 is 0. The van der Waals surface area contributed by atoms with Crippen LogP contribution in [-0.4, -0.2) is 22.7 Å². The number of nitrogens with one attached hydrogen (secondary N) is 1. The lowest BCUT2D eigenvalue weighted by Crippen LogP contribution is -2.40. The monoisotopic (exact) mass is 303 g/mol. The van der Waals surface area contributed by atoms with Crippen molar-refractivity contribution in [2.45, 2.75) is 69.7 Å². The first kappa shape index (κ1) is 15.5. The van der Waals surface area contributed by atoms with Gasteiger partial charge in [0.15, 0.2) is 0 Å². The number of hydrogen-bond acceptors (Lipinski definition) is 3. The second-order valence-electron chi connectivity index (χ2n) is 6.61. The minimum atomic E-state index is -1.18. The van der Waals surface area contributed by atoms with Crippen LogP contribution < -0.4 is 5.32 Å². The van der Waals surface area contributed by atoms with E-state index in [4.69, 9.17) is 4.74 Å². The highest BCUT2D eigenvalue weighted by molar-refractivity contribution is 5.97. The Labute approximate surface area is 131 Å². The summed E-state index contributed by atoms with van der Waals surface area (Å²) in [5, 5.41) is 13.1. The van der Waals surface area contributed by atoms with Crippen molar-refractivity contribution in [3.8, 4) is 0 Å². The van der Waals surface area contributed by atoms with Gasteiger partial charge in [-0.1, -0.05) is 25.0 Å². The standard InChI is InChI=1S/C18H25NO3/c20-17(18(21)11-3-4-12-18)19-15-9-7-14(8-10-15)13-22-16-5-1-2-6-16/h7-10,16,21H,1-6,11-13H2,(H,19,20). The Morgan fingerprint density at radius 1 is 1.14 bits per heavy atom. The zero-order valence-corrected chi connectivity index (χ0v) is 13.0. The van der Waals surface area contributed by atoms with Crippen molar-refractivity contribution in [2.24, 2.45) is 0 Å². The summed E-state index contributed by atoms with van der Waals surface area (Å²) in [5.74, 6) is -0.278. The summed E-state index contributed by atoms with van der Waals surface area (Å²) in [6, 6.07) is 7.71. The molecule has 22 heavy (non-hydrogen) atoms. The number of aliphatic hydroxyl groups is 1. The van der Waals surface area contributed by atoms with E-state index >= 15 is 0 Å². The lowest BCUT2D eigenvalue weighted by Gasteiger charge is -2.21. The number of carbonyl (C=O) groups excluding carboxylic acids is 1. The van der Waals surface area contributed by atoms with Crippen LogP contribution in [0.1, 0.15) is 56.9 Å². The van der Waals surface area contributed by atoms with E-state index < -0.39 is 5.60 Å². The first-order chi connectivity index (χ1) is 10.7. The van der Waals surface area contributed by atoms with Crippen molar-refractivity contribution >= 4 is 11.6 Å². The van der Waals surface area contributed by atoms with E-state index in [0.717, 1.165) is 24.1 Å². The van der Waals surface area contributed by atoms with E-state index in [1.807, 2.05) is 24.3 Å². The summed E-state index contributed by atoms with van der Waals surface area (Å²) in [6.07, 6.45) is 8.27. The van der Waals surface area contributed by atoms with Crippen LogP contribution >= 0.6 is 0 Å². The number of amides is 1. The van der Waals surface area contributed by atoms with E-state index in [0.29, 0.717) is 25.6 Å². The summed E-state index contributed by atoms with van der Waals surface area (Å²) in [6.45, 7) is 0.628. The van der Waals surface area contributed by atoms with Crippen molar-refractivity contribution in [3.05, 3.63) is 29.8 Å². The minimum absolute atomic E-state index is 0.278. The van der Waals surface area contributed by atoms with Crippen molar-refractivity contribution < 1.29 is 14.6 Å². The van der Waals surface area contributed by atoms with E-state index in [-0.39, 0.29) is 5.91 Å². The molecule has 0 aromatic heterocycles. The van der Waals surface area contributed by atoms with Gasteiger partial charge >= 0.3 is 0 Å². The van der Waals surface area contributed by atoms with Crippen LogP contribution in [0.15, 0.2) is 24.3 Å². The van der Waals surface area contributed by atoms with Gasteiger partial charge in [-0.2, -0.15) is 0 Å². The SMILES string of the molecule is O=C(Nc1ccc(COC2CCCC2)cc1)C1(O)CCCC1. The Bertz CT molecular complexity index is 500. The Kier molecular flexibility index (Phi) is 4.79. The molecule has 0 heterocycles. The summed E-state index contributed by atoms with van der Waals surface area (Å²) < 4.78 is 5.88. The number of benzene rings is 1. The fourth-order valence-corrected chi connectivity index (χ4v) is 3.39. The molecule has 2 fully saturated rings. The average molecular weight is 303 g/mol. The molecule has 1 amide bonds. The minimum Gasteiger partial charge on any atom is -0.380 e. The van der Waals surface area contributed by atoms with E-state index in [2.05, 4.69) is 5.32 Å². The molecule has 0 bridgehead atoms. The number of carbonyl (C=O) groups is 1. The lowest BCUT2D eigenvalue weighted by molar-refractivity contribution is -0.133. The molecular formula is C18H25NO3. The van der Waals surface area contributed by atoms with Crippen molar-refractivity contribution in [2.75, 3.05) is 5.32 Å². The molecule has 3 rings (SSSR count). The van der Waals surface area contributed by atoms with Crippen LogP contribution in [0.4, 0.5) is 5.69 Å². The van der Waals surface area contributed by atoms with Gasteiger partial charge in [-0.15, -0.1) is 0 Å². The Morgan fingerprint density at radius 2 is 1.77 bits per heavy atom. The smallest absolute Gasteiger partial charge is 0.256 e. The molecule has 4 nitrogen and oxygen atoms in total. The molecule has 1 aromatic rings. The summed E-state index contributed by atoms with van der Waals surface area (Å²) in [7, 11) is 0. The quantitative estimate of drug-likeness (QED) is 0.876. The second-order valence-corrected chi connectivity index (χ2v) is 6.61. The average Bonchev–Trinajstić information content (AvgIpc) is 3.19. The molecule has 4 heteroatoms. The topological polar surface area (TPSA) is 58.6 Å². The number of ether oxygens (including phenoxy) is 1. The summed E-state index contributed by atoms with van der Waals surface area (Å²) in [4.78, 5) is 12.1. The highest BCUT2D eigenvalue weighted by Gasteiger charge is 2.38. The van der Waals surface area contributed by atoms with E-state index in [9.17, 15) is 9.90 Å². The predicted octanol–water partition coefficient (Wildman–Crippen LogP) is 3.39. The van der Waals surface area contributed by atoms with Gasteiger partial charge < -0.3 is 15.2 Å². The van der Waals surface area contributed by atoms with Crippen LogP contribution in [0.5, 0.6) is 0 Å². The van der Waals surface area contributed by atoms with Crippen LogP contribution in [0.3, 0.4) is 0 Å². The lowest BCUT2D eigenvalue weighted by atomic mass is 10.0. The van der Waals surface area contributed by atoms with Crippen LogP contribution in [0.25, 0.3) is 0 Å². The van der Waals surface area contributed by atoms with Crippen molar-refractivity contribution in [1.29, 1.82) is 0 Å². The van der Waals surface area contributed by atoms with Gasteiger partial charge in [0, 0.05) is 5.69 Å². The molecule has 2 aliphatic rings. The van der Waals surface area contributed by atoms with Gasteiger partial charge in [0.2, 0.25) is 0 Å². The third-order valence-electron chi connectivity index (χ3n) is 4.85. The molecule has 1 aromatic carbocycles. The molecule has 2 saturated carbocycles. The van der Waals surface area contributed by atoms with Crippen molar-refractivity contribution in [3.63, 3.8) is 0 Å². The maximum absolute atomic E-state index is 12.1. The molecule has 2 aliphatic carbocycles. The number of rotatable bonds is 5. The van der Waals surface area contributed by atoms with Gasteiger partial charge in [-0.05, 0) is 56.2 Å².